The van der Waals surface area contributed by atoms with Gasteiger partial charge in [0.1, 0.15) is 5.60 Å². The molecule has 1 aliphatic heterocycles. The van der Waals surface area contributed by atoms with Crippen molar-refractivity contribution in [1.82, 2.24) is 10.2 Å². The Bertz CT molecular complexity index is 922. The average Bonchev–Trinajstić information content (AvgIpc) is 3.11. The average molecular weight is 434 g/mol. The Morgan fingerprint density at radius 1 is 0.968 bits per heavy atom. The van der Waals surface area contributed by atoms with Gasteiger partial charge >= 0.3 is 18.2 Å². The van der Waals surface area contributed by atoms with E-state index in [4.69, 9.17) is 4.74 Å². The number of benzene rings is 2. The second-order valence-electron chi connectivity index (χ2n) is 8.54. The SMILES string of the molecule is CC(C)(C)OC(=O)N1CC(NC(=O)C(F)(F)F)CC1c1ccc(-c2ccccc2)cc1. The smallest absolute Gasteiger partial charge is 0.444 e. The molecule has 0 aliphatic carbocycles. The van der Waals surface area contributed by atoms with Crippen LogP contribution in [-0.2, 0) is 9.53 Å². The van der Waals surface area contributed by atoms with Gasteiger partial charge in [-0.3, -0.25) is 9.69 Å². The Kier molecular flexibility index (Phi) is 6.29. The lowest BCUT2D eigenvalue weighted by atomic mass is 9.99. The summed E-state index contributed by atoms with van der Waals surface area (Å²) in [7, 11) is 0. The Balaban J connectivity index is 1.83. The molecule has 0 aromatic heterocycles. The number of nitrogens with one attached hydrogen (secondary N) is 1. The third kappa shape index (κ3) is 5.77. The predicted molar refractivity (Wildman–Crippen MR) is 110 cm³/mol. The maximum absolute atomic E-state index is 12.7. The molecule has 2 aromatic rings. The Morgan fingerprint density at radius 3 is 2.10 bits per heavy atom. The molecule has 0 saturated carbocycles. The second-order valence-corrected chi connectivity index (χ2v) is 8.54. The normalized spacial score (nSPS) is 19.2. The molecule has 1 aliphatic rings. The van der Waals surface area contributed by atoms with Gasteiger partial charge in [0, 0.05) is 12.6 Å². The zero-order chi connectivity index (χ0) is 22.8. The molecule has 3 rings (SSSR count). The van der Waals surface area contributed by atoms with Gasteiger partial charge in [-0.25, -0.2) is 4.79 Å². The topological polar surface area (TPSA) is 58.6 Å². The lowest BCUT2D eigenvalue weighted by Gasteiger charge is -2.28. The van der Waals surface area contributed by atoms with Crippen LogP contribution in [0, 0.1) is 0 Å². The summed E-state index contributed by atoms with van der Waals surface area (Å²) in [6, 6.07) is 15.9. The lowest BCUT2D eigenvalue weighted by Crippen LogP contribution is -2.45. The van der Waals surface area contributed by atoms with Crippen LogP contribution in [-0.4, -0.2) is 41.3 Å². The van der Waals surface area contributed by atoms with E-state index in [9.17, 15) is 22.8 Å². The predicted octanol–water partition coefficient (Wildman–Crippen LogP) is 5.08. The summed E-state index contributed by atoms with van der Waals surface area (Å²) in [5.74, 6) is -2.01. The van der Waals surface area contributed by atoms with Gasteiger partial charge in [0.2, 0.25) is 0 Å². The summed E-state index contributed by atoms with van der Waals surface area (Å²) in [6.45, 7) is 5.08. The van der Waals surface area contributed by atoms with Crippen molar-refractivity contribution in [2.45, 2.75) is 51.1 Å². The zero-order valence-corrected chi connectivity index (χ0v) is 17.6. The minimum Gasteiger partial charge on any atom is -0.444 e. The molecule has 1 fully saturated rings. The molecule has 5 nitrogen and oxygen atoms in total. The maximum atomic E-state index is 12.7. The largest absolute Gasteiger partial charge is 0.471 e. The standard InChI is InChI=1S/C23H25F3N2O3/c1-22(2,3)31-21(30)28-14-18(27-20(29)23(24,25)26)13-19(28)17-11-9-16(10-12-17)15-7-5-4-6-8-15/h4-12,18-19H,13-14H2,1-3H3,(H,27,29). The van der Waals surface area contributed by atoms with Crippen LogP contribution in [0.3, 0.4) is 0 Å². The molecule has 1 N–H and O–H groups in total. The van der Waals surface area contributed by atoms with E-state index in [1.54, 1.807) is 20.8 Å². The zero-order valence-electron chi connectivity index (χ0n) is 17.6. The van der Waals surface area contributed by atoms with Gasteiger partial charge in [-0.15, -0.1) is 0 Å². The van der Waals surface area contributed by atoms with Crippen molar-refractivity contribution in [2.24, 2.45) is 0 Å². The van der Waals surface area contributed by atoms with E-state index in [1.807, 2.05) is 59.9 Å². The fourth-order valence-corrected chi connectivity index (χ4v) is 3.57. The van der Waals surface area contributed by atoms with E-state index in [0.717, 1.165) is 16.7 Å². The molecular weight excluding hydrogens is 409 g/mol. The van der Waals surface area contributed by atoms with E-state index in [-0.39, 0.29) is 13.0 Å². The van der Waals surface area contributed by atoms with Crippen LogP contribution in [0.15, 0.2) is 54.6 Å². The van der Waals surface area contributed by atoms with Crippen molar-refractivity contribution < 1.29 is 27.5 Å². The van der Waals surface area contributed by atoms with Gasteiger partial charge in [-0.1, -0.05) is 54.6 Å². The number of ether oxygens (including phenoxy) is 1. The molecular formula is C23H25F3N2O3. The minimum atomic E-state index is -4.98. The number of halogens is 3. The second kappa shape index (κ2) is 8.61. The fourth-order valence-electron chi connectivity index (χ4n) is 3.57. The van der Waals surface area contributed by atoms with Crippen LogP contribution >= 0.6 is 0 Å². The van der Waals surface area contributed by atoms with Crippen LogP contribution in [0.25, 0.3) is 11.1 Å². The van der Waals surface area contributed by atoms with E-state index in [2.05, 4.69) is 0 Å². The number of carbonyl (C=O) groups excluding carboxylic acids is 2. The monoisotopic (exact) mass is 434 g/mol. The van der Waals surface area contributed by atoms with Crippen molar-refractivity contribution in [3.05, 3.63) is 60.2 Å². The first-order chi connectivity index (χ1) is 14.4. The number of rotatable bonds is 3. The Hall–Kier alpha value is -3.03. The van der Waals surface area contributed by atoms with Crippen LogP contribution in [0.4, 0.5) is 18.0 Å². The summed E-state index contributed by atoms with van der Waals surface area (Å²) in [5, 5.41) is 1.99. The van der Waals surface area contributed by atoms with Crippen LogP contribution < -0.4 is 5.32 Å². The number of hydrogen-bond donors (Lipinski definition) is 1. The molecule has 1 saturated heterocycles. The number of alkyl halides is 3. The minimum absolute atomic E-state index is 0.0676. The highest BCUT2D eigenvalue weighted by Gasteiger charge is 2.44. The van der Waals surface area contributed by atoms with Gasteiger partial charge in [-0.05, 0) is 43.9 Å². The molecule has 2 atom stereocenters. The van der Waals surface area contributed by atoms with Crippen molar-refractivity contribution in [1.29, 1.82) is 0 Å². The summed E-state index contributed by atoms with van der Waals surface area (Å²) < 4.78 is 43.5. The molecule has 2 amide bonds. The van der Waals surface area contributed by atoms with Crippen LogP contribution in [0.1, 0.15) is 38.8 Å². The Morgan fingerprint density at radius 2 is 1.55 bits per heavy atom. The number of hydrogen-bond acceptors (Lipinski definition) is 3. The van der Waals surface area contributed by atoms with Crippen molar-refractivity contribution in [3.63, 3.8) is 0 Å². The van der Waals surface area contributed by atoms with Gasteiger partial charge in [0.05, 0.1) is 6.04 Å². The summed E-state index contributed by atoms with van der Waals surface area (Å²) in [6.07, 6.45) is -5.45. The van der Waals surface area contributed by atoms with E-state index < -0.39 is 35.9 Å². The molecule has 2 unspecified atom stereocenters. The number of nitrogens with zero attached hydrogens (tertiary/aromatic N) is 1. The Labute approximate surface area is 179 Å². The molecule has 0 bridgehead atoms. The molecule has 8 heteroatoms. The van der Waals surface area contributed by atoms with Crippen LogP contribution in [0.5, 0.6) is 0 Å². The molecule has 31 heavy (non-hydrogen) atoms. The molecule has 0 radical (unpaired) electrons. The fraction of sp³-hybridized carbons (Fsp3) is 0.391. The third-order valence-electron chi connectivity index (χ3n) is 4.92. The third-order valence-corrected chi connectivity index (χ3v) is 4.92. The van der Waals surface area contributed by atoms with Crippen molar-refractivity contribution in [3.8, 4) is 11.1 Å². The number of carbonyl (C=O) groups is 2. The highest BCUT2D eigenvalue weighted by Crippen LogP contribution is 2.35. The summed E-state index contributed by atoms with van der Waals surface area (Å²) in [4.78, 5) is 25.5. The van der Waals surface area contributed by atoms with Gasteiger partial charge < -0.3 is 10.1 Å². The quantitative estimate of drug-likeness (QED) is 0.733. The van der Waals surface area contributed by atoms with Gasteiger partial charge in [0.25, 0.3) is 0 Å². The maximum Gasteiger partial charge on any atom is 0.471 e. The van der Waals surface area contributed by atoms with Crippen molar-refractivity contribution in [2.75, 3.05) is 6.54 Å². The van der Waals surface area contributed by atoms with Crippen molar-refractivity contribution >= 4 is 12.0 Å². The number of amides is 2. The first kappa shape index (κ1) is 22.7. The van der Waals surface area contributed by atoms with E-state index in [0.29, 0.717) is 0 Å². The van der Waals surface area contributed by atoms with Gasteiger partial charge in [-0.2, -0.15) is 13.2 Å². The van der Waals surface area contributed by atoms with Gasteiger partial charge in [0.15, 0.2) is 0 Å². The molecule has 0 spiro atoms. The highest BCUT2D eigenvalue weighted by atomic mass is 19.4. The summed E-state index contributed by atoms with van der Waals surface area (Å²) >= 11 is 0. The molecule has 1 heterocycles. The van der Waals surface area contributed by atoms with E-state index >= 15 is 0 Å². The summed E-state index contributed by atoms with van der Waals surface area (Å²) in [5.41, 5.74) is 2.01. The molecule has 166 valence electrons. The van der Waals surface area contributed by atoms with Crippen LogP contribution in [0.2, 0.25) is 0 Å². The molecule has 2 aromatic carbocycles. The first-order valence-electron chi connectivity index (χ1n) is 9.97. The lowest BCUT2D eigenvalue weighted by molar-refractivity contribution is -0.174. The first-order valence-corrected chi connectivity index (χ1v) is 9.97. The number of likely N-dealkylation sites (tertiary alicyclic amines) is 1. The highest BCUT2D eigenvalue weighted by molar-refractivity contribution is 5.82. The van der Waals surface area contributed by atoms with E-state index in [1.165, 1.54) is 4.90 Å².